The minimum absolute atomic E-state index is 0.0537. The van der Waals surface area contributed by atoms with E-state index < -0.39 is 29.4 Å². The third-order valence-electron chi connectivity index (χ3n) is 4.89. The Kier molecular flexibility index (Phi) is 4.82. The summed E-state index contributed by atoms with van der Waals surface area (Å²) >= 11 is 0. The van der Waals surface area contributed by atoms with Gasteiger partial charge in [0.2, 0.25) is 0 Å². The predicted octanol–water partition coefficient (Wildman–Crippen LogP) is 6.45. The third-order valence-corrected chi connectivity index (χ3v) is 4.89. The summed E-state index contributed by atoms with van der Waals surface area (Å²) in [6.07, 6.45) is -4.62. The van der Waals surface area contributed by atoms with Gasteiger partial charge in [-0.05, 0) is 48.7 Å². The molecule has 1 heterocycles. The minimum atomic E-state index is -4.04. The van der Waals surface area contributed by atoms with Gasteiger partial charge in [-0.25, -0.2) is 8.78 Å². The van der Waals surface area contributed by atoms with Gasteiger partial charge < -0.3 is 9.47 Å². The SMILES string of the molecule is Cc1ccc(-c2ccc(OC(F)(F)c3c(C)cc(C4CO4)c(F)c3F)cc2)cc1. The summed E-state index contributed by atoms with van der Waals surface area (Å²) in [5.41, 5.74) is 1.59. The molecule has 3 aromatic rings. The topological polar surface area (TPSA) is 21.8 Å². The van der Waals surface area contributed by atoms with Crippen LogP contribution in [0, 0.1) is 25.5 Å². The van der Waals surface area contributed by atoms with E-state index in [2.05, 4.69) is 0 Å². The first kappa shape index (κ1) is 19.5. The van der Waals surface area contributed by atoms with Gasteiger partial charge >= 0.3 is 6.11 Å². The Morgan fingerprint density at radius 3 is 2.00 bits per heavy atom. The quantitative estimate of drug-likeness (QED) is 0.361. The van der Waals surface area contributed by atoms with Crippen molar-refractivity contribution in [2.24, 2.45) is 0 Å². The summed E-state index contributed by atoms with van der Waals surface area (Å²) in [4.78, 5) is 0. The van der Waals surface area contributed by atoms with Crippen LogP contribution in [0.1, 0.15) is 28.4 Å². The average molecular weight is 402 g/mol. The maximum absolute atomic E-state index is 14.7. The van der Waals surface area contributed by atoms with Gasteiger partial charge in [0.05, 0.1) is 6.61 Å². The second-order valence-corrected chi connectivity index (χ2v) is 7.12. The number of alkyl halides is 2. The molecule has 0 aliphatic carbocycles. The molecule has 0 radical (unpaired) electrons. The zero-order chi connectivity index (χ0) is 20.8. The van der Waals surface area contributed by atoms with E-state index in [9.17, 15) is 17.6 Å². The number of rotatable bonds is 5. The number of epoxide rings is 1. The van der Waals surface area contributed by atoms with E-state index in [0.29, 0.717) is 0 Å². The van der Waals surface area contributed by atoms with Crippen LogP contribution >= 0.6 is 0 Å². The Morgan fingerprint density at radius 2 is 1.45 bits per heavy atom. The van der Waals surface area contributed by atoms with Gasteiger partial charge in [-0.1, -0.05) is 42.0 Å². The molecule has 3 aromatic carbocycles. The van der Waals surface area contributed by atoms with Crippen molar-refractivity contribution in [2.75, 3.05) is 6.61 Å². The predicted molar refractivity (Wildman–Crippen MR) is 101 cm³/mol. The number of benzene rings is 3. The smallest absolute Gasteiger partial charge is 0.429 e. The molecule has 0 amide bonds. The second kappa shape index (κ2) is 7.19. The standard InChI is InChI=1S/C23H18F4O2/c1-13-3-5-15(6-4-13)16-7-9-17(10-8-16)29-23(26,27)20-14(2)11-18(19-12-28-19)21(24)22(20)25/h3-11,19H,12H2,1-2H3. The van der Waals surface area contributed by atoms with Crippen molar-refractivity contribution < 1.29 is 27.0 Å². The maximum atomic E-state index is 14.7. The van der Waals surface area contributed by atoms with Gasteiger partial charge in [0.25, 0.3) is 0 Å². The Morgan fingerprint density at radius 1 is 0.897 bits per heavy atom. The van der Waals surface area contributed by atoms with Crippen molar-refractivity contribution in [3.05, 3.63) is 88.5 Å². The summed E-state index contributed by atoms with van der Waals surface area (Å²) in [6, 6.07) is 14.9. The molecule has 29 heavy (non-hydrogen) atoms. The van der Waals surface area contributed by atoms with E-state index in [-0.39, 0.29) is 23.5 Å². The molecule has 6 heteroatoms. The van der Waals surface area contributed by atoms with Crippen molar-refractivity contribution in [1.82, 2.24) is 0 Å². The number of hydrogen-bond acceptors (Lipinski definition) is 2. The van der Waals surface area contributed by atoms with E-state index in [1.165, 1.54) is 25.1 Å². The van der Waals surface area contributed by atoms with E-state index in [1.54, 1.807) is 12.1 Å². The van der Waals surface area contributed by atoms with Gasteiger partial charge in [0.1, 0.15) is 17.4 Å². The van der Waals surface area contributed by atoms with Crippen LogP contribution in [0.3, 0.4) is 0 Å². The van der Waals surface area contributed by atoms with Gasteiger partial charge in [-0.3, -0.25) is 0 Å². The lowest BCUT2D eigenvalue weighted by Gasteiger charge is -2.21. The molecule has 1 saturated heterocycles. The van der Waals surface area contributed by atoms with Crippen molar-refractivity contribution in [2.45, 2.75) is 26.1 Å². The molecule has 1 fully saturated rings. The Bertz CT molecular complexity index is 1040. The van der Waals surface area contributed by atoms with Gasteiger partial charge in [0, 0.05) is 5.56 Å². The zero-order valence-electron chi connectivity index (χ0n) is 15.8. The van der Waals surface area contributed by atoms with Crippen molar-refractivity contribution in [3.63, 3.8) is 0 Å². The Labute approximate surface area is 165 Å². The highest BCUT2D eigenvalue weighted by atomic mass is 19.3. The first-order chi connectivity index (χ1) is 13.8. The number of hydrogen-bond donors (Lipinski definition) is 0. The fourth-order valence-electron chi connectivity index (χ4n) is 3.26. The van der Waals surface area contributed by atoms with Gasteiger partial charge in [-0.2, -0.15) is 8.78 Å². The van der Waals surface area contributed by atoms with Gasteiger partial charge in [0.15, 0.2) is 11.6 Å². The molecule has 2 nitrogen and oxygen atoms in total. The lowest BCUT2D eigenvalue weighted by Crippen LogP contribution is -2.26. The van der Waals surface area contributed by atoms with Crippen molar-refractivity contribution in [3.8, 4) is 16.9 Å². The molecule has 1 unspecified atom stereocenters. The third kappa shape index (κ3) is 3.85. The molecule has 1 atom stereocenters. The molecule has 4 rings (SSSR count). The summed E-state index contributed by atoms with van der Waals surface area (Å²) in [5.74, 6) is -3.09. The normalized spacial score (nSPS) is 16.0. The van der Waals surface area contributed by atoms with Crippen molar-refractivity contribution in [1.29, 1.82) is 0 Å². The number of halogens is 4. The van der Waals surface area contributed by atoms with E-state index in [0.717, 1.165) is 16.7 Å². The minimum Gasteiger partial charge on any atom is -0.429 e. The van der Waals surface area contributed by atoms with Crippen LogP contribution in [0.2, 0.25) is 0 Å². The maximum Gasteiger partial charge on any atom is 0.429 e. The van der Waals surface area contributed by atoms with E-state index in [4.69, 9.17) is 9.47 Å². The number of aryl methyl sites for hydroxylation is 2. The molecule has 0 spiro atoms. The van der Waals surface area contributed by atoms with Crippen LogP contribution in [-0.2, 0) is 10.8 Å². The lowest BCUT2D eigenvalue weighted by atomic mass is 10.0. The van der Waals surface area contributed by atoms with E-state index >= 15 is 0 Å². The largest absolute Gasteiger partial charge is 0.429 e. The summed E-state index contributed by atoms with van der Waals surface area (Å²) in [7, 11) is 0. The molecule has 150 valence electrons. The van der Waals surface area contributed by atoms with Crippen LogP contribution < -0.4 is 4.74 Å². The lowest BCUT2D eigenvalue weighted by molar-refractivity contribution is -0.188. The highest BCUT2D eigenvalue weighted by Gasteiger charge is 2.42. The molecule has 1 aliphatic rings. The molecule has 1 aliphatic heterocycles. The molecule has 0 N–H and O–H groups in total. The van der Waals surface area contributed by atoms with Crippen molar-refractivity contribution >= 4 is 0 Å². The van der Waals surface area contributed by atoms with Crippen LogP contribution in [0.4, 0.5) is 17.6 Å². The molecule has 0 bridgehead atoms. The summed E-state index contributed by atoms with van der Waals surface area (Å²) in [6.45, 7) is 3.51. The van der Waals surface area contributed by atoms with Crippen LogP contribution in [0.25, 0.3) is 11.1 Å². The average Bonchev–Trinajstić information content (AvgIpc) is 3.51. The van der Waals surface area contributed by atoms with Gasteiger partial charge in [-0.15, -0.1) is 0 Å². The second-order valence-electron chi connectivity index (χ2n) is 7.12. The van der Waals surface area contributed by atoms with Crippen LogP contribution in [-0.4, -0.2) is 6.61 Å². The first-order valence-corrected chi connectivity index (χ1v) is 9.11. The Balaban J connectivity index is 1.60. The van der Waals surface area contributed by atoms with Crippen LogP contribution in [0.5, 0.6) is 5.75 Å². The van der Waals surface area contributed by atoms with E-state index in [1.807, 2.05) is 31.2 Å². The fraction of sp³-hybridized carbons (Fsp3) is 0.217. The first-order valence-electron chi connectivity index (χ1n) is 9.11. The zero-order valence-corrected chi connectivity index (χ0v) is 15.8. The van der Waals surface area contributed by atoms with Crippen LogP contribution in [0.15, 0.2) is 54.6 Å². The molecule has 0 saturated carbocycles. The number of ether oxygens (including phenoxy) is 2. The monoisotopic (exact) mass is 402 g/mol. The summed E-state index contributed by atoms with van der Waals surface area (Å²) < 4.78 is 67.8. The summed E-state index contributed by atoms with van der Waals surface area (Å²) in [5, 5.41) is 0. The molecular weight excluding hydrogens is 384 g/mol. The molecular formula is C23H18F4O2. The molecule has 0 aromatic heterocycles. The Hall–Kier alpha value is -2.86. The fourth-order valence-corrected chi connectivity index (χ4v) is 3.26. The highest BCUT2D eigenvalue weighted by molar-refractivity contribution is 5.64. The highest BCUT2D eigenvalue weighted by Crippen LogP contribution is 2.40.